The number of carbonyl (C=O) groups excluding carboxylic acids is 2. The first kappa shape index (κ1) is 31.8. The van der Waals surface area contributed by atoms with Crippen LogP contribution in [0.15, 0.2) is 108 Å². The Morgan fingerprint density at radius 3 is 2.14 bits per heavy atom. The van der Waals surface area contributed by atoms with E-state index in [1.54, 1.807) is 55.5 Å². The van der Waals surface area contributed by atoms with E-state index in [1.807, 2.05) is 56.3 Å². The van der Waals surface area contributed by atoms with E-state index >= 15 is 0 Å². The third kappa shape index (κ3) is 8.03. The van der Waals surface area contributed by atoms with Crippen molar-refractivity contribution in [3.63, 3.8) is 0 Å². The Morgan fingerprint density at radius 1 is 0.837 bits per heavy atom. The Labute approximate surface area is 259 Å². The molecular formula is C34H36ClN3O4S. The van der Waals surface area contributed by atoms with Gasteiger partial charge in [-0.1, -0.05) is 90.0 Å². The standard InChI is InChI=1S/C34H36ClN3O4S/c1-4-36-34(40)32(22-27-12-6-5-7-13-27)37(23-28-14-10-15-29(35)21-28)33(39)24-38(31-16-9-8-11-26(31)3)43(41,42)30-19-17-25(2)18-20-30/h5-21,32H,4,22-24H2,1-3H3,(H,36,40)/t32-/m1/s1. The molecule has 0 radical (unpaired) electrons. The van der Waals surface area contributed by atoms with Crippen LogP contribution < -0.4 is 9.62 Å². The first-order chi connectivity index (χ1) is 20.6. The van der Waals surface area contributed by atoms with Crippen LogP contribution in [0.25, 0.3) is 0 Å². The second kappa shape index (κ2) is 14.4. The van der Waals surface area contributed by atoms with Gasteiger partial charge in [-0.2, -0.15) is 0 Å². The maximum atomic E-state index is 14.4. The predicted octanol–water partition coefficient (Wildman–Crippen LogP) is 5.93. The van der Waals surface area contributed by atoms with Gasteiger partial charge in [0.15, 0.2) is 0 Å². The molecule has 0 spiro atoms. The number of nitrogens with one attached hydrogen (secondary N) is 1. The fourth-order valence-electron chi connectivity index (χ4n) is 4.87. The number of sulfonamides is 1. The molecule has 4 aromatic rings. The van der Waals surface area contributed by atoms with Gasteiger partial charge < -0.3 is 10.2 Å². The first-order valence-electron chi connectivity index (χ1n) is 14.1. The molecule has 7 nitrogen and oxygen atoms in total. The minimum absolute atomic E-state index is 0.0558. The number of anilines is 1. The number of halogens is 1. The fourth-order valence-corrected chi connectivity index (χ4v) is 6.56. The minimum Gasteiger partial charge on any atom is -0.355 e. The van der Waals surface area contributed by atoms with Crippen molar-refractivity contribution < 1.29 is 18.0 Å². The van der Waals surface area contributed by atoms with Crippen molar-refractivity contribution in [2.75, 3.05) is 17.4 Å². The van der Waals surface area contributed by atoms with Gasteiger partial charge in [-0.05, 0) is 67.8 Å². The van der Waals surface area contributed by atoms with Crippen LogP contribution in [-0.2, 0) is 32.6 Å². The van der Waals surface area contributed by atoms with Crippen molar-refractivity contribution in [2.24, 2.45) is 0 Å². The molecule has 0 saturated carbocycles. The molecule has 0 aliphatic carbocycles. The van der Waals surface area contributed by atoms with Crippen molar-refractivity contribution in [3.8, 4) is 0 Å². The third-order valence-corrected chi connectivity index (χ3v) is 9.15. The lowest BCUT2D eigenvalue weighted by atomic mass is 10.0. The topological polar surface area (TPSA) is 86.8 Å². The number of aryl methyl sites for hydroxylation is 2. The van der Waals surface area contributed by atoms with Gasteiger partial charge in [0.25, 0.3) is 10.0 Å². The number of carbonyl (C=O) groups is 2. The Morgan fingerprint density at radius 2 is 1.49 bits per heavy atom. The number of nitrogens with zero attached hydrogens (tertiary/aromatic N) is 2. The molecule has 43 heavy (non-hydrogen) atoms. The van der Waals surface area contributed by atoms with E-state index in [2.05, 4.69) is 5.32 Å². The Hall–Kier alpha value is -4.14. The summed E-state index contributed by atoms with van der Waals surface area (Å²) in [6.07, 6.45) is 0.244. The lowest BCUT2D eigenvalue weighted by Crippen LogP contribution is -2.53. The average Bonchev–Trinajstić information content (AvgIpc) is 2.99. The zero-order valence-corrected chi connectivity index (χ0v) is 26.1. The number of amides is 2. The number of rotatable bonds is 12. The number of likely N-dealkylation sites (N-methyl/N-ethyl adjacent to an activating group) is 1. The van der Waals surface area contributed by atoms with Gasteiger partial charge >= 0.3 is 0 Å². The second-order valence-electron chi connectivity index (χ2n) is 10.4. The van der Waals surface area contributed by atoms with Crippen LogP contribution in [0.2, 0.25) is 5.02 Å². The van der Waals surface area contributed by atoms with Crippen LogP contribution >= 0.6 is 11.6 Å². The van der Waals surface area contributed by atoms with E-state index in [9.17, 15) is 18.0 Å². The number of benzene rings is 4. The number of hydrogen-bond donors (Lipinski definition) is 1. The zero-order chi connectivity index (χ0) is 31.0. The van der Waals surface area contributed by atoms with Crippen LogP contribution in [0.5, 0.6) is 0 Å². The zero-order valence-electron chi connectivity index (χ0n) is 24.5. The SMILES string of the molecule is CCNC(=O)[C@@H](Cc1ccccc1)N(Cc1cccc(Cl)c1)C(=O)CN(c1ccccc1C)S(=O)(=O)c1ccc(C)cc1. The summed E-state index contributed by atoms with van der Waals surface area (Å²) in [5, 5.41) is 3.35. The molecule has 224 valence electrons. The molecule has 0 unspecified atom stereocenters. The van der Waals surface area contributed by atoms with Crippen molar-refractivity contribution >= 4 is 39.1 Å². The van der Waals surface area contributed by atoms with Gasteiger partial charge in [-0.3, -0.25) is 13.9 Å². The summed E-state index contributed by atoms with van der Waals surface area (Å²) >= 11 is 6.28. The van der Waals surface area contributed by atoms with Gasteiger partial charge in [-0.25, -0.2) is 8.42 Å². The molecule has 4 rings (SSSR count). The quantitative estimate of drug-likeness (QED) is 0.214. The van der Waals surface area contributed by atoms with Crippen LogP contribution in [0.1, 0.15) is 29.2 Å². The van der Waals surface area contributed by atoms with Gasteiger partial charge in [0.1, 0.15) is 12.6 Å². The van der Waals surface area contributed by atoms with Crippen molar-refractivity contribution in [1.82, 2.24) is 10.2 Å². The summed E-state index contributed by atoms with van der Waals surface area (Å²) in [5.74, 6) is -0.850. The number of hydrogen-bond acceptors (Lipinski definition) is 4. The first-order valence-corrected chi connectivity index (χ1v) is 15.9. The van der Waals surface area contributed by atoms with Crippen LogP contribution in [0.3, 0.4) is 0 Å². The fraction of sp³-hybridized carbons (Fsp3) is 0.235. The van der Waals surface area contributed by atoms with Gasteiger partial charge in [0.05, 0.1) is 10.6 Å². The Kier molecular flexibility index (Phi) is 10.6. The molecule has 4 aromatic carbocycles. The highest BCUT2D eigenvalue weighted by Gasteiger charge is 2.34. The molecule has 0 fully saturated rings. The third-order valence-electron chi connectivity index (χ3n) is 7.14. The smallest absolute Gasteiger partial charge is 0.264 e. The summed E-state index contributed by atoms with van der Waals surface area (Å²) < 4.78 is 29.4. The lowest BCUT2D eigenvalue weighted by molar-refractivity contribution is -0.140. The van der Waals surface area contributed by atoms with E-state index in [1.165, 1.54) is 17.0 Å². The maximum Gasteiger partial charge on any atom is 0.264 e. The van der Waals surface area contributed by atoms with Crippen LogP contribution in [0, 0.1) is 13.8 Å². The van der Waals surface area contributed by atoms with Gasteiger partial charge in [0.2, 0.25) is 11.8 Å². The highest BCUT2D eigenvalue weighted by Crippen LogP contribution is 2.28. The monoisotopic (exact) mass is 617 g/mol. The summed E-state index contributed by atoms with van der Waals surface area (Å²) in [4.78, 5) is 29.5. The molecule has 0 aliphatic rings. The highest BCUT2D eigenvalue weighted by atomic mass is 35.5. The van der Waals surface area contributed by atoms with Crippen molar-refractivity contribution in [1.29, 1.82) is 0 Å². The van der Waals surface area contributed by atoms with E-state index < -0.39 is 28.5 Å². The maximum absolute atomic E-state index is 14.4. The van der Waals surface area contributed by atoms with Crippen molar-refractivity contribution in [3.05, 3.63) is 130 Å². The summed E-state index contributed by atoms with van der Waals surface area (Å²) in [5.41, 5.74) is 3.57. The van der Waals surface area contributed by atoms with E-state index in [-0.39, 0.29) is 23.8 Å². The largest absolute Gasteiger partial charge is 0.355 e. The molecule has 0 heterocycles. The average molecular weight is 618 g/mol. The molecule has 0 saturated heterocycles. The summed E-state index contributed by atoms with van der Waals surface area (Å²) in [6.45, 7) is 5.41. The van der Waals surface area contributed by atoms with E-state index in [4.69, 9.17) is 11.6 Å². The minimum atomic E-state index is -4.15. The molecule has 1 atom stereocenters. The molecule has 9 heteroatoms. The Balaban J connectivity index is 1.80. The molecule has 0 aromatic heterocycles. The molecule has 2 amide bonds. The normalized spacial score (nSPS) is 11.9. The van der Waals surface area contributed by atoms with E-state index in [0.29, 0.717) is 28.4 Å². The lowest BCUT2D eigenvalue weighted by Gasteiger charge is -2.34. The molecule has 1 N–H and O–H groups in total. The van der Waals surface area contributed by atoms with Crippen LogP contribution in [-0.4, -0.2) is 44.3 Å². The van der Waals surface area contributed by atoms with Crippen LogP contribution in [0.4, 0.5) is 5.69 Å². The highest BCUT2D eigenvalue weighted by molar-refractivity contribution is 7.92. The second-order valence-corrected chi connectivity index (χ2v) is 12.7. The summed E-state index contributed by atoms with van der Waals surface area (Å²) in [7, 11) is -4.15. The summed E-state index contributed by atoms with van der Waals surface area (Å²) in [6, 6.07) is 29.2. The molecule has 0 bridgehead atoms. The van der Waals surface area contributed by atoms with Gasteiger partial charge in [-0.15, -0.1) is 0 Å². The molecular weight excluding hydrogens is 582 g/mol. The van der Waals surface area contributed by atoms with Gasteiger partial charge in [0, 0.05) is 24.5 Å². The number of para-hydroxylation sites is 1. The Bertz CT molecular complexity index is 1660. The predicted molar refractivity (Wildman–Crippen MR) is 172 cm³/mol. The molecule has 0 aliphatic heterocycles. The van der Waals surface area contributed by atoms with E-state index in [0.717, 1.165) is 15.4 Å². The van der Waals surface area contributed by atoms with Crippen molar-refractivity contribution in [2.45, 2.75) is 44.7 Å².